The number of carboxylic acids is 1. The third kappa shape index (κ3) is 2.88. The number of aromatic nitrogens is 1. The van der Waals surface area contributed by atoms with E-state index in [4.69, 9.17) is 14.3 Å². The Balaban J connectivity index is 2.35. The van der Waals surface area contributed by atoms with Crippen LogP contribution in [0.15, 0.2) is 38.8 Å². The smallest absolute Gasteiger partial charge is 0.371 e. The zero-order valence-corrected chi connectivity index (χ0v) is 10.9. The van der Waals surface area contributed by atoms with Crippen molar-refractivity contribution < 1.29 is 24.0 Å². The second-order valence-electron chi connectivity index (χ2n) is 3.46. The predicted molar refractivity (Wildman–Crippen MR) is 67.2 cm³/mol. The fourth-order valence-electron chi connectivity index (χ4n) is 1.33. The molecule has 2 heterocycles. The van der Waals surface area contributed by atoms with E-state index >= 15 is 0 Å². The van der Waals surface area contributed by atoms with E-state index in [0.717, 1.165) is 11.8 Å². The summed E-state index contributed by atoms with van der Waals surface area (Å²) in [6.07, 6.45) is 0. The maximum atomic E-state index is 10.9. The van der Waals surface area contributed by atoms with Crippen molar-refractivity contribution in [1.29, 1.82) is 0 Å². The van der Waals surface area contributed by atoms with Gasteiger partial charge in [0.05, 0.1) is 12.0 Å². The second-order valence-corrected chi connectivity index (χ2v) is 4.45. The van der Waals surface area contributed by atoms with Crippen molar-refractivity contribution >= 4 is 23.4 Å². The van der Waals surface area contributed by atoms with Crippen LogP contribution in [0.4, 0.5) is 5.69 Å². The SMILES string of the molecule is COc1ccc([N+](=O)[O-])c(Sc2ccc(C(=O)O)o2)n1. The number of aromatic carboxylic acids is 1. The normalized spacial score (nSPS) is 10.2. The number of methoxy groups -OCH3 is 1. The molecule has 0 aliphatic heterocycles. The Morgan fingerprint density at radius 3 is 2.75 bits per heavy atom. The van der Waals surface area contributed by atoms with Gasteiger partial charge in [-0.3, -0.25) is 10.1 Å². The molecule has 0 spiro atoms. The molecule has 8 nitrogen and oxygen atoms in total. The van der Waals surface area contributed by atoms with E-state index in [9.17, 15) is 14.9 Å². The van der Waals surface area contributed by atoms with Gasteiger partial charge in [0, 0.05) is 12.1 Å². The lowest BCUT2D eigenvalue weighted by atomic mass is 10.4. The molecule has 2 aromatic heterocycles. The largest absolute Gasteiger partial charge is 0.481 e. The van der Waals surface area contributed by atoms with Crippen LogP contribution in [0.25, 0.3) is 0 Å². The monoisotopic (exact) mass is 296 g/mol. The number of hydrogen-bond donors (Lipinski definition) is 1. The molecule has 0 amide bonds. The van der Waals surface area contributed by atoms with Gasteiger partial charge < -0.3 is 14.3 Å². The molecule has 0 saturated carbocycles. The van der Waals surface area contributed by atoms with Crippen molar-refractivity contribution in [2.75, 3.05) is 7.11 Å². The zero-order valence-electron chi connectivity index (χ0n) is 10.1. The maximum absolute atomic E-state index is 10.9. The first-order chi connectivity index (χ1) is 9.51. The minimum Gasteiger partial charge on any atom is -0.481 e. The van der Waals surface area contributed by atoms with Crippen LogP contribution in [0.5, 0.6) is 5.88 Å². The van der Waals surface area contributed by atoms with E-state index in [1.54, 1.807) is 0 Å². The molecule has 2 aromatic rings. The molecule has 104 valence electrons. The summed E-state index contributed by atoms with van der Waals surface area (Å²) in [5.41, 5.74) is -0.218. The second kappa shape index (κ2) is 5.61. The van der Waals surface area contributed by atoms with Crippen LogP contribution in [-0.4, -0.2) is 28.1 Å². The molecule has 0 atom stereocenters. The van der Waals surface area contributed by atoms with Crippen LogP contribution < -0.4 is 4.74 Å². The van der Waals surface area contributed by atoms with Crippen LogP contribution in [-0.2, 0) is 0 Å². The van der Waals surface area contributed by atoms with Gasteiger partial charge in [0.15, 0.2) is 10.1 Å². The summed E-state index contributed by atoms with van der Waals surface area (Å²) >= 11 is 0.848. The van der Waals surface area contributed by atoms with E-state index in [-0.39, 0.29) is 27.4 Å². The molecule has 0 fully saturated rings. The average Bonchev–Trinajstić information content (AvgIpc) is 2.87. The number of rotatable bonds is 5. The molecule has 0 radical (unpaired) electrons. The lowest BCUT2D eigenvalue weighted by molar-refractivity contribution is -0.388. The summed E-state index contributed by atoms with van der Waals surface area (Å²) in [5.74, 6) is -1.26. The van der Waals surface area contributed by atoms with Gasteiger partial charge in [0.25, 0.3) is 0 Å². The fraction of sp³-hybridized carbons (Fsp3) is 0.0909. The number of nitro groups is 1. The minimum atomic E-state index is -1.22. The lowest BCUT2D eigenvalue weighted by Crippen LogP contribution is -1.95. The van der Waals surface area contributed by atoms with Crippen LogP contribution in [0.1, 0.15) is 10.6 Å². The van der Waals surface area contributed by atoms with E-state index in [2.05, 4.69) is 4.98 Å². The van der Waals surface area contributed by atoms with Crippen molar-refractivity contribution in [2.24, 2.45) is 0 Å². The molecule has 0 aromatic carbocycles. The molecular weight excluding hydrogens is 288 g/mol. The van der Waals surface area contributed by atoms with Crippen molar-refractivity contribution in [3.63, 3.8) is 0 Å². The summed E-state index contributed by atoms with van der Waals surface area (Å²) in [4.78, 5) is 25.0. The van der Waals surface area contributed by atoms with Crippen molar-refractivity contribution in [3.05, 3.63) is 40.1 Å². The third-order valence-corrected chi connectivity index (χ3v) is 3.12. The van der Waals surface area contributed by atoms with Gasteiger partial charge in [-0.15, -0.1) is 0 Å². The van der Waals surface area contributed by atoms with E-state index in [0.29, 0.717) is 0 Å². The van der Waals surface area contributed by atoms with E-state index < -0.39 is 10.9 Å². The first kappa shape index (κ1) is 13.9. The summed E-state index contributed by atoms with van der Waals surface area (Å²) in [5, 5.41) is 19.9. The van der Waals surface area contributed by atoms with Crippen molar-refractivity contribution in [2.45, 2.75) is 10.1 Å². The Bertz CT molecular complexity index is 669. The van der Waals surface area contributed by atoms with E-state index in [1.807, 2.05) is 0 Å². The van der Waals surface area contributed by atoms with Gasteiger partial charge in [-0.25, -0.2) is 4.79 Å². The van der Waals surface area contributed by atoms with Crippen molar-refractivity contribution in [1.82, 2.24) is 4.98 Å². The number of furan rings is 1. The Morgan fingerprint density at radius 2 is 2.20 bits per heavy atom. The predicted octanol–water partition coefficient (Wildman–Crippen LogP) is 2.44. The molecule has 9 heteroatoms. The van der Waals surface area contributed by atoms with Crippen LogP contribution in [0, 0.1) is 10.1 Å². The lowest BCUT2D eigenvalue weighted by Gasteiger charge is -2.02. The number of carboxylic acid groups (broad SMARTS) is 1. The Kier molecular flexibility index (Phi) is 3.89. The van der Waals surface area contributed by atoms with Gasteiger partial charge in [-0.05, 0) is 23.9 Å². The molecule has 0 unspecified atom stereocenters. The number of nitrogens with zero attached hydrogens (tertiary/aromatic N) is 2. The van der Waals surface area contributed by atoms with Crippen LogP contribution in [0.3, 0.4) is 0 Å². The van der Waals surface area contributed by atoms with Crippen LogP contribution >= 0.6 is 11.8 Å². The van der Waals surface area contributed by atoms with Crippen molar-refractivity contribution in [3.8, 4) is 5.88 Å². The van der Waals surface area contributed by atoms with Gasteiger partial charge in [0.2, 0.25) is 11.6 Å². The fourth-order valence-corrected chi connectivity index (χ4v) is 2.17. The maximum Gasteiger partial charge on any atom is 0.371 e. The minimum absolute atomic E-state index is 0.0561. The standard InChI is InChI=1S/C11H8N2O6S/c1-18-8-4-2-6(13(16)17)10(12-8)20-9-5-3-7(19-9)11(14)15/h2-5H,1H3,(H,14,15). The Morgan fingerprint density at radius 1 is 1.45 bits per heavy atom. The number of carbonyl (C=O) groups is 1. The first-order valence-electron chi connectivity index (χ1n) is 5.21. The summed E-state index contributed by atoms with van der Waals surface area (Å²) in [6, 6.07) is 5.29. The molecule has 0 aliphatic carbocycles. The zero-order chi connectivity index (χ0) is 14.7. The first-order valence-corrected chi connectivity index (χ1v) is 6.03. The number of pyridine rings is 1. The molecule has 1 N–H and O–H groups in total. The number of ether oxygens (including phenoxy) is 1. The van der Waals surface area contributed by atoms with Crippen LogP contribution in [0.2, 0.25) is 0 Å². The third-order valence-electron chi connectivity index (χ3n) is 2.21. The quantitative estimate of drug-likeness (QED) is 0.660. The molecule has 2 rings (SSSR count). The van der Waals surface area contributed by atoms with E-state index in [1.165, 1.54) is 31.4 Å². The van der Waals surface area contributed by atoms with Gasteiger partial charge >= 0.3 is 11.7 Å². The molecular formula is C11H8N2O6S. The molecule has 0 aliphatic rings. The molecule has 0 saturated heterocycles. The summed E-state index contributed by atoms with van der Waals surface area (Å²) in [7, 11) is 1.39. The summed E-state index contributed by atoms with van der Waals surface area (Å²) in [6.45, 7) is 0. The van der Waals surface area contributed by atoms with Gasteiger partial charge in [0.1, 0.15) is 0 Å². The highest BCUT2D eigenvalue weighted by atomic mass is 32.2. The Hall–Kier alpha value is -2.55. The highest BCUT2D eigenvalue weighted by Crippen LogP contribution is 2.35. The number of hydrogen-bond acceptors (Lipinski definition) is 7. The summed E-state index contributed by atoms with van der Waals surface area (Å²) < 4.78 is 9.92. The topological polar surface area (TPSA) is 116 Å². The molecule has 0 bridgehead atoms. The highest BCUT2D eigenvalue weighted by molar-refractivity contribution is 7.99. The average molecular weight is 296 g/mol. The molecule has 20 heavy (non-hydrogen) atoms. The highest BCUT2D eigenvalue weighted by Gasteiger charge is 2.20. The van der Waals surface area contributed by atoms with Gasteiger partial charge in [-0.2, -0.15) is 4.98 Å². The Labute approximate surface area is 116 Å². The van der Waals surface area contributed by atoms with Gasteiger partial charge in [-0.1, -0.05) is 0 Å².